The van der Waals surface area contributed by atoms with E-state index in [4.69, 9.17) is 0 Å². The van der Waals surface area contributed by atoms with Crippen molar-refractivity contribution in [2.24, 2.45) is 0 Å². The van der Waals surface area contributed by atoms with Crippen molar-refractivity contribution in [3.05, 3.63) is 58.1 Å². The van der Waals surface area contributed by atoms with Crippen LogP contribution in [0.15, 0.2) is 35.1 Å². The van der Waals surface area contributed by atoms with Crippen molar-refractivity contribution in [3.8, 4) is 0 Å². The minimum absolute atomic E-state index is 0.0836. The molecule has 0 saturated carbocycles. The van der Waals surface area contributed by atoms with Gasteiger partial charge in [-0.3, -0.25) is 4.98 Å². The third-order valence-electron chi connectivity index (χ3n) is 2.24. The van der Waals surface area contributed by atoms with Crippen LogP contribution in [0.3, 0.4) is 0 Å². The lowest BCUT2D eigenvalue weighted by Gasteiger charge is -2.09. The van der Waals surface area contributed by atoms with E-state index in [0.717, 1.165) is 18.3 Å². The molecule has 1 N–H and O–H groups in total. The Balaban J connectivity index is 2.16. The molecule has 2 aromatic rings. The molecule has 1 heterocycles. The van der Waals surface area contributed by atoms with Gasteiger partial charge in [0.15, 0.2) is 0 Å². The van der Waals surface area contributed by atoms with E-state index >= 15 is 0 Å². The van der Waals surface area contributed by atoms with Crippen molar-refractivity contribution in [2.45, 2.75) is 6.54 Å². The summed E-state index contributed by atoms with van der Waals surface area (Å²) < 4.78 is 40.1. The molecule has 0 aliphatic heterocycles. The molecule has 1 aromatic carbocycles. The molecule has 0 fully saturated rings. The second-order valence-corrected chi connectivity index (χ2v) is 4.53. The fourth-order valence-corrected chi connectivity index (χ4v) is 1.86. The Bertz CT molecular complexity index is 552. The van der Waals surface area contributed by atoms with Gasteiger partial charge in [0.2, 0.25) is 0 Å². The fraction of sp³-hybridized carbons (Fsp3) is 0.0833. The maximum absolute atomic E-state index is 13.5. The molecule has 2 rings (SSSR count). The highest BCUT2D eigenvalue weighted by atomic mass is 79.9. The Morgan fingerprint density at radius 2 is 1.72 bits per heavy atom. The predicted octanol–water partition coefficient (Wildman–Crippen LogP) is 3.87. The van der Waals surface area contributed by atoms with Crippen LogP contribution in [0.4, 0.5) is 18.9 Å². The number of pyridine rings is 1. The van der Waals surface area contributed by atoms with Crippen LogP contribution >= 0.6 is 15.9 Å². The summed E-state index contributed by atoms with van der Waals surface area (Å²) in [6.45, 7) is 0.0836. The van der Waals surface area contributed by atoms with E-state index in [9.17, 15) is 13.2 Å². The zero-order chi connectivity index (χ0) is 13.1. The largest absolute Gasteiger partial charge is 0.376 e. The summed E-state index contributed by atoms with van der Waals surface area (Å²) >= 11 is 2.99. The molecule has 94 valence electrons. The minimum atomic E-state index is -0.716. The quantitative estimate of drug-likeness (QED) is 0.929. The number of rotatable bonds is 3. The van der Waals surface area contributed by atoms with Crippen molar-refractivity contribution in [1.82, 2.24) is 4.98 Å². The molecule has 0 radical (unpaired) electrons. The molecular weight excluding hydrogens is 309 g/mol. The number of anilines is 1. The van der Waals surface area contributed by atoms with Crippen LogP contribution in [0.1, 0.15) is 5.56 Å². The van der Waals surface area contributed by atoms with Crippen molar-refractivity contribution >= 4 is 21.6 Å². The van der Waals surface area contributed by atoms with Gasteiger partial charge in [0, 0.05) is 17.2 Å². The molecule has 0 saturated heterocycles. The van der Waals surface area contributed by atoms with Gasteiger partial charge >= 0.3 is 0 Å². The van der Waals surface area contributed by atoms with E-state index in [-0.39, 0.29) is 12.2 Å². The Morgan fingerprint density at radius 3 is 2.33 bits per heavy atom. The molecule has 0 aliphatic rings. The van der Waals surface area contributed by atoms with E-state index in [1.807, 2.05) is 0 Å². The number of nitrogens with one attached hydrogen (secondary N) is 1. The average Bonchev–Trinajstić information content (AvgIpc) is 2.27. The smallest absolute Gasteiger partial charge is 0.150 e. The van der Waals surface area contributed by atoms with Gasteiger partial charge in [-0.1, -0.05) is 15.9 Å². The minimum Gasteiger partial charge on any atom is -0.376 e. The first kappa shape index (κ1) is 12.9. The number of hydrogen-bond acceptors (Lipinski definition) is 2. The lowest BCUT2D eigenvalue weighted by molar-refractivity contribution is 0.586. The SMILES string of the molecule is Fc1cncc(CNc2c(F)cc(Br)cc2F)c1. The average molecular weight is 317 g/mol. The third kappa shape index (κ3) is 3.01. The number of benzene rings is 1. The third-order valence-corrected chi connectivity index (χ3v) is 2.70. The first-order chi connectivity index (χ1) is 8.56. The molecule has 1 aromatic heterocycles. The van der Waals surface area contributed by atoms with Crippen LogP contribution in [0.5, 0.6) is 0 Å². The highest BCUT2D eigenvalue weighted by Crippen LogP contribution is 2.24. The summed E-state index contributed by atoms with van der Waals surface area (Å²) in [5.41, 5.74) is 0.249. The summed E-state index contributed by atoms with van der Waals surface area (Å²) in [6.07, 6.45) is 2.48. The van der Waals surface area contributed by atoms with Crippen molar-refractivity contribution in [3.63, 3.8) is 0 Å². The zero-order valence-electron chi connectivity index (χ0n) is 9.05. The second-order valence-electron chi connectivity index (χ2n) is 3.61. The maximum atomic E-state index is 13.5. The van der Waals surface area contributed by atoms with E-state index in [1.165, 1.54) is 12.3 Å². The van der Waals surface area contributed by atoms with Gasteiger partial charge in [0.1, 0.15) is 23.1 Å². The molecule has 18 heavy (non-hydrogen) atoms. The van der Waals surface area contributed by atoms with Gasteiger partial charge in [-0.05, 0) is 23.8 Å². The van der Waals surface area contributed by atoms with Crippen LogP contribution in [-0.2, 0) is 6.54 Å². The first-order valence-electron chi connectivity index (χ1n) is 5.04. The van der Waals surface area contributed by atoms with E-state index in [1.54, 1.807) is 0 Å². The molecule has 2 nitrogen and oxygen atoms in total. The first-order valence-corrected chi connectivity index (χ1v) is 5.83. The Labute approximate surface area is 110 Å². The molecule has 0 bridgehead atoms. The molecular formula is C12H8BrF3N2. The van der Waals surface area contributed by atoms with Crippen molar-refractivity contribution in [2.75, 3.05) is 5.32 Å². The monoisotopic (exact) mass is 316 g/mol. The molecule has 6 heteroatoms. The Kier molecular flexibility index (Phi) is 3.86. The number of halogens is 4. The van der Waals surface area contributed by atoms with Crippen LogP contribution in [0, 0.1) is 17.5 Å². The van der Waals surface area contributed by atoms with Crippen LogP contribution in [0.25, 0.3) is 0 Å². The van der Waals surface area contributed by atoms with Gasteiger partial charge in [0.25, 0.3) is 0 Å². The van der Waals surface area contributed by atoms with E-state index in [2.05, 4.69) is 26.2 Å². The van der Waals surface area contributed by atoms with Gasteiger partial charge in [-0.2, -0.15) is 0 Å². The lowest BCUT2D eigenvalue weighted by Crippen LogP contribution is -2.04. The summed E-state index contributed by atoms with van der Waals surface area (Å²) in [5.74, 6) is -1.93. The van der Waals surface area contributed by atoms with Gasteiger partial charge < -0.3 is 5.32 Å². The summed E-state index contributed by atoms with van der Waals surface area (Å²) in [7, 11) is 0. The predicted molar refractivity (Wildman–Crippen MR) is 65.6 cm³/mol. The van der Waals surface area contributed by atoms with Crippen molar-refractivity contribution in [1.29, 1.82) is 0 Å². The topological polar surface area (TPSA) is 24.9 Å². The molecule has 0 spiro atoms. The van der Waals surface area contributed by atoms with Gasteiger partial charge in [-0.15, -0.1) is 0 Å². The number of nitrogens with zero attached hydrogens (tertiary/aromatic N) is 1. The van der Waals surface area contributed by atoms with E-state index < -0.39 is 17.5 Å². The zero-order valence-corrected chi connectivity index (χ0v) is 10.6. The van der Waals surface area contributed by atoms with Crippen LogP contribution in [0.2, 0.25) is 0 Å². The maximum Gasteiger partial charge on any atom is 0.150 e. The van der Waals surface area contributed by atoms with E-state index in [0.29, 0.717) is 10.0 Å². The normalized spacial score (nSPS) is 10.4. The highest BCUT2D eigenvalue weighted by molar-refractivity contribution is 9.10. The Hall–Kier alpha value is -1.56. The molecule has 0 aliphatic carbocycles. The van der Waals surface area contributed by atoms with Gasteiger partial charge in [0.05, 0.1) is 6.20 Å². The van der Waals surface area contributed by atoms with Gasteiger partial charge in [-0.25, -0.2) is 13.2 Å². The number of aromatic nitrogens is 1. The standard InChI is InChI=1S/C12H8BrF3N2/c13-8-2-10(15)12(11(16)3-8)18-5-7-1-9(14)6-17-4-7/h1-4,6,18H,5H2. The highest BCUT2D eigenvalue weighted by Gasteiger charge is 2.10. The second kappa shape index (κ2) is 5.39. The summed E-state index contributed by atoms with van der Waals surface area (Å²) in [6, 6.07) is 3.54. The molecule has 0 amide bonds. The van der Waals surface area contributed by atoms with Crippen molar-refractivity contribution < 1.29 is 13.2 Å². The Morgan fingerprint density at radius 1 is 1.06 bits per heavy atom. The summed E-state index contributed by atoms with van der Waals surface area (Å²) in [5, 5.41) is 2.57. The lowest BCUT2D eigenvalue weighted by atomic mass is 10.2. The molecule has 0 atom stereocenters. The van der Waals surface area contributed by atoms with Crippen LogP contribution < -0.4 is 5.32 Å². The fourth-order valence-electron chi connectivity index (χ4n) is 1.45. The summed E-state index contributed by atoms with van der Waals surface area (Å²) in [4.78, 5) is 3.65. The number of hydrogen-bond donors (Lipinski definition) is 1. The van der Waals surface area contributed by atoms with Crippen LogP contribution in [-0.4, -0.2) is 4.98 Å². The molecule has 0 unspecified atom stereocenters.